The first-order valence-corrected chi connectivity index (χ1v) is 7.20. The quantitative estimate of drug-likeness (QED) is 0.772. The molecule has 1 aromatic rings. The van der Waals surface area contributed by atoms with Gasteiger partial charge in [0.1, 0.15) is 21.9 Å². The Morgan fingerprint density at radius 2 is 2.00 bits per heavy atom. The van der Waals surface area contributed by atoms with Crippen molar-refractivity contribution in [3.63, 3.8) is 0 Å². The van der Waals surface area contributed by atoms with Crippen LogP contribution < -0.4 is 4.74 Å². The number of rotatable bonds is 2. The summed E-state index contributed by atoms with van der Waals surface area (Å²) in [5, 5.41) is 0. The normalized spacial score (nSPS) is 18.8. The van der Waals surface area contributed by atoms with Gasteiger partial charge in [-0.15, -0.1) is 0 Å². The Labute approximate surface area is 112 Å². The van der Waals surface area contributed by atoms with Gasteiger partial charge in [-0.3, -0.25) is 0 Å². The van der Waals surface area contributed by atoms with E-state index in [1.54, 1.807) is 7.11 Å². The Morgan fingerprint density at radius 1 is 1.28 bits per heavy atom. The first-order chi connectivity index (χ1) is 8.43. The summed E-state index contributed by atoms with van der Waals surface area (Å²) in [6.45, 7) is 5.82. The Bertz CT molecular complexity index is 477. The van der Waals surface area contributed by atoms with Crippen LogP contribution in [0.15, 0.2) is 22.6 Å². The highest BCUT2D eigenvalue weighted by Crippen LogP contribution is 2.32. The van der Waals surface area contributed by atoms with Gasteiger partial charge in [-0.05, 0) is 39.7 Å². The molecule has 0 spiro atoms. The van der Waals surface area contributed by atoms with Gasteiger partial charge >= 0.3 is 0 Å². The third-order valence-electron chi connectivity index (χ3n) is 2.99. The van der Waals surface area contributed by atoms with Crippen LogP contribution in [-0.2, 0) is 17.8 Å². The SMILES string of the molecule is COc1cccc2c1CCC2=N[S+]([O-])C(C)(C)C. The summed E-state index contributed by atoms with van der Waals surface area (Å²) in [7, 11) is 1.68. The molecular weight excluding hydrogens is 246 g/mol. The molecule has 1 aromatic carbocycles. The summed E-state index contributed by atoms with van der Waals surface area (Å²) in [6.07, 6.45) is 1.76. The monoisotopic (exact) mass is 265 g/mol. The maximum Gasteiger partial charge on any atom is 0.144 e. The highest BCUT2D eigenvalue weighted by molar-refractivity contribution is 7.91. The van der Waals surface area contributed by atoms with Crippen LogP contribution in [0.3, 0.4) is 0 Å². The largest absolute Gasteiger partial charge is 0.591 e. The van der Waals surface area contributed by atoms with Crippen molar-refractivity contribution in [3.8, 4) is 5.75 Å². The van der Waals surface area contributed by atoms with E-state index in [0.29, 0.717) is 0 Å². The molecule has 0 saturated heterocycles. The summed E-state index contributed by atoms with van der Waals surface area (Å²) in [5.74, 6) is 0.902. The van der Waals surface area contributed by atoms with Gasteiger partial charge in [0, 0.05) is 11.1 Å². The molecule has 2 rings (SSSR count). The lowest BCUT2D eigenvalue weighted by molar-refractivity contribution is 0.410. The van der Waals surface area contributed by atoms with Crippen molar-refractivity contribution in [1.29, 1.82) is 0 Å². The Hall–Kier alpha value is -1.00. The Kier molecular flexibility index (Phi) is 3.69. The van der Waals surface area contributed by atoms with E-state index in [2.05, 4.69) is 4.40 Å². The van der Waals surface area contributed by atoms with Gasteiger partial charge in [-0.25, -0.2) is 0 Å². The third kappa shape index (κ3) is 2.54. The minimum absolute atomic E-state index is 0.311. The fourth-order valence-electron chi connectivity index (χ4n) is 2.00. The Balaban J connectivity index is 2.35. The Morgan fingerprint density at radius 3 is 2.61 bits per heavy atom. The van der Waals surface area contributed by atoms with Crippen LogP contribution in [0.4, 0.5) is 0 Å². The van der Waals surface area contributed by atoms with Crippen molar-refractivity contribution in [2.45, 2.75) is 38.4 Å². The summed E-state index contributed by atoms with van der Waals surface area (Å²) < 4.78 is 21.5. The first-order valence-electron chi connectivity index (χ1n) is 6.09. The standard InChI is InChI=1S/C14H19NO2S/c1-14(2,3)18(16)15-12-9-8-11-10(12)6-5-7-13(11)17-4/h5-7H,8-9H2,1-4H3. The average molecular weight is 265 g/mol. The van der Waals surface area contributed by atoms with Crippen molar-refractivity contribution >= 4 is 17.1 Å². The molecule has 0 aliphatic heterocycles. The highest BCUT2D eigenvalue weighted by Gasteiger charge is 2.30. The molecular formula is C14H19NO2S. The minimum Gasteiger partial charge on any atom is -0.591 e. The molecule has 1 aliphatic carbocycles. The minimum atomic E-state index is -1.20. The first kappa shape index (κ1) is 13.4. The number of fused-ring (bicyclic) bond motifs is 1. The number of ether oxygens (including phenoxy) is 1. The second-order valence-corrected chi connectivity index (χ2v) is 7.29. The fraction of sp³-hybridized carbons (Fsp3) is 0.500. The predicted octanol–water partition coefficient (Wildman–Crippen LogP) is 2.89. The molecule has 4 heteroatoms. The number of benzene rings is 1. The highest BCUT2D eigenvalue weighted by atomic mass is 32.2. The second-order valence-electron chi connectivity index (χ2n) is 5.39. The molecule has 0 aromatic heterocycles. The van der Waals surface area contributed by atoms with Gasteiger partial charge in [0.05, 0.1) is 12.8 Å². The van der Waals surface area contributed by atoms with E-state index in [-0.39, 0.29) is 4.75 Å². The number of hydrogen-bond donors (Lipinski definition) is 0. The molecule has 98 valence electrons. The van der Waals surface area contributed by atoms with Crippen LogP contribution in [0.25, 0.3) is 0 Å². The van der Waals surface area contributed by atoms with E-state index in [1.807, 2.05) is 39.0 Å². The lowest BCUT2D eigenvalue weighted by atomic mass is 10.1. The van der Waals surface area contributed by atoms with E-state index < -0.39 is 11.4 Å². The summed E-state index contributed by atoms with van der Waals surface area (Å²) in [6, 6.07) is 5.95. The number of hydrogen-bond acceptors (Lipinski definition) is 3. The molecule has 1 atom stereocenters. The van der Waals surface area contributed by atoms with Crippen molar-refractivity contribution in [2.24, 2.45) is 4.40 Å². The van der Waals surface area contributed by atoms with Gasteiger partial charge in [0.25, 0.3) is 0 Å². The van der Waals surface area contributed by atoms with Crippen molar-refractivity contribution < 1.29 is 9.29 Å². The number of methoxy groups -OCH3 is 1. The summed E-state index contributed by atoms with van der Waals surface area (Å²) in [4.78, 5) is 0. The van der Waals surface area contributed by atoms with Crippen LogP contribution in [0.5, 0.6) is 5.75 Å². The van der Waals surface area contributed by atoms with Gasteiger partial charge < -0.3 is 9.29 Å². The van der Waals surface area contributed by atoms with Crippen molar-refractivity contribution in [1.82, 2.24) is 0 Å². The van der Waals surface area contributed by atoms with Gasteiger partial charge in [-0.1, -0.05) is 16.5 Å². The molecule has 0 fully saturated rings. The zero-order chi connectivity index (χ0) is 13.3. The van der Waals surface area contributed by atoms with E-state index in [0.717, 1.165) is 29.9 Å². The second kappa shape index (κ2) is 4.94. The molecule has 0 bridgehead atoms. The van der Waals surface area contributed by atoms with E-state index >= 15 is 0 Å². The van der Waals surface area contributed by atoms with Crippen LogP contribution in [0, 0.1) is 0 Å². The van der Waals surface area contributed by atoms with E-state index in [4.69, 9.17) is 4.74 Å². The van der Waals surface area contributed by atoms with Crippen LogP contribution in [-0.4, -0.2) is 22.1 Å². The van der Waals surface area contributed by atoms with Crippen LogP contribution in [0.1, 0.15) is 38.3 Å². The van der Waals surface area contributed by atoms with Gasteiger partial charge in [0.15, 0.2) is 0 Å². The summed E-state index contributed by atoms with van der Waals surface area (Å²) in [5.41, 5.74) is 3.22. The fourth-order valence-corrected chi connectivity index (χ4v) is 2.66. The molecule has 18 heavy (non-hydrogen) atoms. The molecule has 0 radical (unpaired) electrons. The van der Waals surface area contributed by atoms with Gasteiger partial charge in [-0.2, -0.15) is 0 Å². The average Bonchev–Trinajstić information content (AvgIpc) is 2.71. The molecule has 1 unspecified atom stereocenters. The van der Waals surface area contributed by atoms with Crippen molar-refractivity contribution in [2.75, 3.05) is 7.11 Å². The topological polar surface area (TPSA) is 44.6 Å². The van der Waals surface area contributed by atoms with Crippen LogP contribution in [0.2, 0.25) is 0 Å². The molecule has 3 nitrogen and oxygen atoms in total. The third-order valence-corrected chi connectivity index (χ3v) is 4.43. The molecule has 0 amide bonds. The lowest BCUT2D eigenvalue weighted by Gasteiger charge is -2.18. The maximum absolute atomic E-state index is 12.1. The molecule has 0 N–H and O–H groups in total. The van der Waals surface area contributed by atoms with Crippen LogP contribution >= 0.6 is 0 Å². The van der Waals surface area contributed by atoms with Gasteiger partial charge in [0.2, 0.25) is 0 Å². The zero-order valence-corrected chi connectivity index (χ0v) is 12.1. The lowest BCUT2D eigenvalue weighted by Crippen LogP contribution is -2.26. The molecule has 1 aliphatic rings. The van der Waals surface area contributed by atoms with Crippen molar-refractivity contribution in [3.05, 3.63) is 29.3 Å². The maximum atomic E-state index is 12.1. The number of nitrogens with zero attached hydrogens (tertiary/aromatic N) is 1. The molecule has 0 saturated carbocycles. The predicted molar refractivity (Wildman–Crippen MR) is 75.7 cm³/mol. The summed E-state index contributed by atoms with van der Waals surface area (Å²) >= 11 is -1.20. The smallest absolute Gasteiger partial charge is 0.144 e. The zero-order valence-electron chi connectivity index (χ0n) is 11.3. The van der Waals surface area contributed by atoms with E-state index in [9.17, 15) is 4.55 Å². The molecule has 0 heterocycles. The van der Waals surface area contributed by atoms with E-state index in [1.165, 1.54) is 5.56 Å².